The molecule has 4 atom stereocenters. The number of rotatable bonds is 17. The van der Waals surface area contributed by atoms with Crippen LogP contribution in [0, 0.1) is 0 Å². The standard InChI is InChI=1S/C19H35N4O9P/c1-3-14(24)22-13(19(29)30)7-8-15(25)23-17(6-4-5-10-20)33(31,32)11-9-16(26)21-12(2)18(27)28/h12-13,17H,3-11,20H2,1-2H3,(H,21,26)(H,22,24)(H,23,25)(H,27,28)(H,29,30)(H,31,32)/t12-,13-,17?/m1/s1. The number of nitrogens with one attached hydrogen (secondary N) is 3. The predicted octanol–water partition coefficient (Wildman–Crippen LogP) is -0.433. The van der Waals surface area contributed by atoms with Gasteiger partial charge < -0.3 is 36.8 Å². The average Bonchev–Trinajstić information content (AvgIpc) is 2.74. The molecular formula is C19H35N4O9P. The van der Waals surface area contributed by atoms with E-state index < -0.39 is 67.5 Å². The van der Waals surface area contributed by atoms with E-state index in [1.807, 2.05) is 0 Å². The molecule has 0 aromatic heterocycles. The molecule has 0 bridgehead atoms. The second-order valence-electron chi connectivity index (χ2n) is 7.58. The van der Waals surface area contributed by atoms with E-state index in [-0.39, 0.29) is 25.7 Å². The lowest BCUT2D eigenvalue weighted by Crippen LogP contribution is -2.42. The van der Waals surface area contributed by atoms with Gasteiger partial charge in [0, 0.05) is 25.4 Å². The average molecular weight is 494 g/mol. The summed E-state index contributed by atoms with van der Waals surface area (Å²) < 4.78 is 12.9. The summed E-state index contributed by atoms with van der Waals surface area (Å²) in [5.41, 5.74) is 5.44. The van der Waals surface area contributed by atoms with Crippen molar-refractivity contribution in [2.45, 2.75) is 76.7 Å². The molecule has 0 aliphatic carbocycles. The minimum Gasteiger partial charge on any atom is -0.480 e. The summed E-state index contributed by atoms with van der Waals surface area (Å²) in [4.78, 5) is 68.2. The number of carbonyl (C=O) groups excluding carboxylic acids is 3. The Hall–Kier alpha value is -2.50. The van der Waals surface area contributed by atoms with E-state index in [1.165, 1.54) is 6.92 Å². The smallest absolute Gasteiger partial charge is 0.326 e. The maximum Gasteiger partial charge on any atom is 0.326 e. The van der Waals surface area contributed by atoms with Crippen molar-refractivity contribution in [3.05, 3.63) is 0 Å². The Balaban J connectivity index is 5.06. The highest BCUT2D eigenvalue weighted by Gasteiger charge is 2.33. The monoisotopic (exact) mass is 494 g/mol. The number of hydrogen-bond donors (Lipinski definition) is 7. The molecule has 14 heteroatoms. The Morgan fingerprint density at radius 3 is 2.00 bits per heavy atom. The number of unbranched alkanes of at least 4 members (excludes halogenated alkanes) is 1. The summed E-state index contributed by atoms with van der Waals surface area (Å²) in [5, 5.41) is 24.9. The normalized spacial score (nSPS) is 15.4. The molecule has 0 saturated heterocycles. The van der Waals surface area contributed by atoms with Gasteiger partial charge in [-0.1, -0.05) is 6.92 Å². The van der Waals surface area contributed by atoms with Crippen molar-refractivity contribution in [3.63, 3.8) is 0 Å². The van der Waals surface area contributed by atoms with Crippen molar-refractivity contribution in [1.82, 2.24) is 16.0 Å². The minimum atomic E-state index is -4.08. The first-order chi connectivity index (χ1) is 15.3. The third-order valence-corrected chi connectivity index (χ3v) is 6.99. The zero-order chi connectivity index (χ0) is 25.6. The van der Waals surface area contributed by atoms with Crippen LogP contribution in [-0.4, -0.2) is 75.3 Å². The van der Waals surface area contributed by atoms with E-state index in [1.54, 1.807) is 6.92 Å². The summed E-state index contributed by atoms with van der Waals surface area (Å²) in [7, 11) is -4.08. The van der Waals surface area contributed by atoms with E-state index in [2.05, 4.69) is 16.0 Å². The summed E-state index contributed by atoms with van der Waals surface area (Å²) in [5.74, 6) is -5.63. The highest BCUT2D eigenvalue weighted by atomic mass is 31.2. The zero-order valence-corrected chi connectivity index (χ0v) is 19.8. The van der Waals surface area contributed by atoms with E-state index >= 15 is 0 Å². The molecule has 0 rings (SSSR count). The van der Waals surface area contributed by atoms with Crippen LogP contribution < -0.4 is 21.7 Å². The van der Waals surface area contributed by atoms with Crippen molar-refractivity contribution in [1.29, 1.82) is 0 Å². The second kappa shape index (κ2) is 15.4. The van der Waals surface area contributed by atoms with Gasteiger partial charge in [-0.05, 0) is 39.2 Å². The molecule has 0 aromatic carbocycles. The molecule has 0 spiro atoms. The summed E-state index contributed by atoms with van der Waals surface area (Å²) >= 11 is 0. The van der Waals surface area contributed by atoms with E-state index in [4.69, 9.17) is 10.8 Å². The van der Waals surface area contributed by atoms with Crippen molar-refractivity contribution in [2.75, 3.05) is 12.7 Å². The number of aliphatic carboxylic acids is 2. The number of carboxylic acids is 2. The molecule has 33 heavy (non-hydrogen) atoms. The highest BCUT2D eigenvalue weighted by Crippen LogP contribution is 2.47. The van der Waals surface area contributed by atoms with Gasteiger partial charge >= 0.3 is 11.9 Å². The van der Waals surface area contributed by atoms with Gasteiger partial charge in [-0.3, -0.25) is 23.7 Å². The second-order valence-corrected chi connectivity index (χ2v) is 10.2. The summed E-state index contributed by atoms with van der Waals surface area (Å²) in [6.07, 6.45) is -0.281. The molecule has 3 amide bonds. The Kier molecular flexibility index (Phi) is 14.2. The molecular weight excluding hydrogens is 459 g/mol. The molecule has 0 heterocycles. The van der Waals surface area contributed by atoms with Gasteiger partial charge in [-0.25, -0.2) is 4.79 Å². The van der Waals surface area contributed by atoms with Crippen molar-refractivity contribution < 1.29 is 43.6 Å². The largest absolute Gasteiger partial charge is 0.480 e. The molecule has 0 aromatic rings. The predicted molar refractivity (Wildman–Crippen MR) is 118 cm³/mol. The molecule has 0 saturated carbocycles. The lowest BCUT2D eigenvalue weighted by Gasteiger charge is -2.25. The number of carboxylic acid groups (broad SMARTS) is 2. The fourth-order valence-electron chi connectivity index (χ4n) is 2.74. The van der Waals surface area contributed by atoms with E-state index in [0.717, 1.165) is 0 Å². The van der Waals surface area contributed by atoms with Crippen molar-refractivity contribution in [3.8, 4) is 0 Å². The fraction of sp³-hybridized carbons (Fsp3) is 0.737. The van der Waals surface area contributed by atoms with E-state index in [9.17, 15) is 38.5 Å². The molecule has 190 valence electrons. The topological polar surface area (TPSA) is 225 Å². The van der Waals surface area contributed by atoms with Gasteiger partial charge in [0.05, 0.1) is 0 Å². The Morgan fingerprint density at radius 1 is 0.879 bits per heavy atom. The lowest BCUT2D eigenvalue weighted by atomic mass is 10.1. The minimum absolute atomic E-state index is 0.0751. The first kappa shape index (κ1) is 30.5. The first-order valence-electron chi connectivity index (χ1n) is 10.7. The molecule has 8 N–H and O–H groups in total. The Labute approximate surface area is 192 Å². The van der Waals surface area contributed by atoms with Crippen molar-refractivity contribution in [2.24, 2.45) is 5.73 Å². The summed E-state index contributed by atoms with van der Waals surface area (Å²) in [6.45, 7) is 3.14. The van der Waals surface area contributed by atoms with Gasteiger partial charge in [-0.15, -0.1) is 0 Å². The van der Waals surface area contributed by atoms with Crippen LogP contribution in [0.5, 0.6) is 0 Å². The third-order valence-electron chi connectivity index (χ3n) is 4.77. The van der Waals surface area contributed by atoms with Crippen molar-refractivity contribution >= 4 is 37.0 Å². The van der Waals surface area contributed by atoms with Crippen LogP contribution in [0.15, 0.2) is 0 Å². The molecule has 13 nitrogen and oxygen atoms in total. The number of nitrogens with two attached hydrogens (primary N) is 1. The van der Waals surface area contributed by atoms with Crippen LogP contribution in [0.1, 0.15) is 58.8 Å². The van der Waals surface area contributed by atoms with Crippen LogP contribution >= 0.6 is 7.37 Å². The Bertz CT molecular complexity index is 747. The number of carbonyl (C=O) groups is 5. The highest BCUT2D eigenvalue weighted by molar-refractivity contribution is 7.58. The van der Waals surface area contributed by atoms with E-state index in [0.29, 0.717) is 19.4 Å². The van der Waals surface area contributed by atoms with Crippen LogP contribution in [0.4, 0.5) is 0 Å². The van der Waals surface area contributed by atoms with Crippen LogP contribution in [0.3, 0.4) is 0 Å². The maximum atomic E-state index is 12.9. The third kappa shape index (κ3) is 13.0. The molecule has 0 aliphatic heterocycles. The number of hydrogen-bond acceptors (Lipinski definition) is 7. The van der Waals surface area contributed by atoms with Gasteiger partial charge in [0.2, 0.25) is 25.1 Å². The lowest BCUT2D eigenvalue weighted by molar-refractivity contribution is -0.142. The molecule has 2 unspecified atom stereocenters. The molecule has 0 fully saturated rings. The Morgan fingerprint density at radius 2 is 1.48 bits per heavy atom. The summed E-state index contributed by atoms with van der Waals surface area (Å²) in [6, 6.07) is -2.44. The van der Waals surface area contributed by atoms with Gasteiger partial charge in [0.25, 0.3) is 0 Å². The maximum absolute atomic E-state index is 12.9. The molecule has 0 aliphatic rings. The SMILES string of the molecule is CCC(=O)N[C@H](CCC(=O)NC(CCCCN)P(=O)(O)CCC(=O)N[C@H](C)C(=O)O)C(=O)O. The zero-order valence-electron chi connectivity index (χ0n) is 18.9. The van der Waals surface area contributed by atoms with Gasteiger partial charge in [-0.2, -0.15) is 0 Å². The van der Waals surface area contributed by atoms with Crippen LogP contribution in [0.2, 0.25) is 0 Å². The van der Waals surface area contributed by atoms with Gasteiger partial charge in [0.15, 0.2) is 0 Å². The van der Waals surface area contributed by atoms with Crippen LogP contribution in [-0.2, 0) is 28.5 Å². The van der Waals surface area contributed by atoms with Gasteiger partial charge in [0.1, 0.15) is 17.9 Å². The first-order valence-corrected chi connectivity index (χ1v) is 12.6. The molecule has 0 radical (unpaired) electrons. The fourth-order valence-corrected chi connectivity index (χ4v) is 4.50. The van der Waals surface area contributed by atoms with Crippen LogP contribution in [0.25, 0.3) is 0 Å². The quantitative estimate of drug-likeness (QED) is 0.102. The number of amides is 3.